The van der Waals surface area contributed by atoms with Crippen LogP contribution in [0.2, 0.25) is 0 Å². The van der Waals surface area contributed by atoms with Gasteiger partial charge in [-0.1, -0.05) is 12.1 Å². The van der Waals surface area contributed by atoms with E-state index in [2.05, 4.69) is 10.6 Å². The van der Waals surface area contributed by atoms with E-state index in [0.717, 1.165) is 30.6 Å². The maximum absolute atomic E-state index is 11.9. The van der Waals surface area contributed by atoms with Crippen molar-refractivity contribution < 1.29 is 19.1 Å². The van der Waals surface area contributed by atoms with E-state index in [1.807, 2.05) is 24.3 Å². The molecule has 2 amide bonds. The van der Waals surface area contributed by atoms with E-state index in [0.29, 0.717) is 19.8 Å². The molecule has 0 aromatic heterocycles. The van der Waals surface area contributed by atoms with Crippen molar-refractivity contribution in [3.63, 3.8) is 0 Å². The minimum atomic E-state index is -0.173. The van der Waals surface area contributed by atoms with Gasteiger partial charge in [0.2, 0.25) is 11.8 Å². The molecule has 0 radical (unpaired) electrons. The maximum Gasteiger partial charge on any atom is 0.239 e. The predicted octanol–water partition coefficient (Wildman–Crippen LogP) is 0.897. The molecule has 1 aromatic rings. The molecule has 6 heteroatoms. The van der Waals surface area contributed by atoms with Crippen molar-refractivity contribution in [2.24, 2.45) is 5.92 Å². The zero-order valence-electron chi connectivity index (χ0n) is 13.5. The number of methoxy groups -OCH3 is 1. The third-order valence-corrected chi connectivity index (χ3v) is 3.89. The molecule has 0 unspecified atom stereocenters. The maximum atomic E-state index is 11.9. The first-order chi connectivity index (χ1) is 11.2. The van der Waals surface area contributed by atoms with Crippen molar-refractivity contribution in [1.82, 2.24) is 10.6 Å². The smallest absolute Gasteiger partial charge is 0.239 e. The highest BCUT2D eigenvalue weighted by atomic mass is 16.5. The minimum Gasteiger partial charge on any atom is -0.497 e. The number of carbonyl (C=O) groups is 2. The number of hydrogen-bond acceptors (Lipinski definition) is 4. The van der Waals surface area contributed by atoms with Crippen LogP contribution in [0, 0.1) is 5.92 Å². The summed E-state index contributed by atoms with van der Waals surface area (Å²) >= 11 is 0. The Morgan fingerprint density at radius 2 is 2.04 bits per heavy atom. The van der Waals surface area contributed by atoms with E-state index >= 15 is 0 Å². The van der Waals surface area contributed by atoms with Gasteiger partial charge in [-0.2, -0.15) is 0 Å². The van der Waals surface area contributed by atoms with Gasteiger partial charge in [0, 0.05) is 25.7 Å². The van der Waals surface area contributed by atoms with Gasteiger partial charge in [0.1, 0.15) is 5.75 Å². The van der Waals surface area contributed by atoms with Gasteiger partial charge in [0.25, 0.3) is 0 Å². The standard InChI is InChI=1S/C17H24N2O4/c1-22-15-4-2-3-13(11-15)5-8-18-16(20)12-19-17(21)14-6-9-23-10-7-14/h2-4,11,14H,5-10,12H2,1H3,(H,18,20)(H,19,21). The Morgan fingerprint density at radius 3 is 2.78 bits per heavy atom. The molecule has 1 saturated heterocycles. The Hall–Kier alpha value is -2.08. The van der Waals surface area contributed by atoms with Crippen LogP contribution < -0.4 is 15.4 Å². The van der Waals surface area contributed by atoms with Crippen molar-refractivity contribution >= 4 is 11.8 Å². The minimum absolute atomic E-state index is 0.0221. The average Bonchev–Trinajstić information content (AvgIpc) is 2.60. The van der Waals surface area contributed by atoms with Crippen molar-refractivity contribution in [3.05, 3.63) is 29.8 Å². The predicted molar refractivity (Wildman–Crippen MR) is 86.3 cm³/mol. The van der Waals surface area contributed by atoms with E-state index in [1.165, 1.54) is 0 Å². The van der Waals surface area contributed by atoms with Crippen molar-refractivity contribution in [2.45, 2.75) is 19.3 Å². The van der Waals surface area contributed by atoms with Gasteiger partial charge >= 0.3 is 0 Å². The molecule has 2 rings (SSSR count). The molecule has 1 aliphatic rings. The second kappa shape index (κ2) is 9.15. The fraction of sp³-hybridized carbons (Fsp3) is 0.529. The molecule has 1 aliphatic heterocycles. The zero-order chi connectivity index (χ0) is 16.5. The van der Waals surface area contributed by atoms with Crippen LogP contribution in [0.3, 0.4) is 0 Å². The number of carbonyl (C=O) groups excluding carboxylic acids is 2. The normalized spacial score (nSPS) is 15.0. The zero-order valence-corrected chi connectivity index (χ0v) is 13.5. The van der Waals surface area contributed by atoms with Crippen molar-refractivity contribution in [2.75, 3.05) is 33.4 Å². The van der Waals surface area contributed by atoms with Gasteiger partial charge in [0.15, 0.2) is 0 Å². The SMILES string of the molecule is COc1cccc(CCNC(=O)CNC(=O)C2CCOCC2)c1. The van der Waals surface area contributed by atoms with Crippen molar-refractivity contribution in [1.29, 1.82) is 0 Å². The molecule has 0 aliphatic carbocycles. The molecule has 1 heterocycles. The lowest BCUT2D eigenvalue weighted by molar-refractivity contribution is -0.130. The van der Waals surface area contributed by atoms with Crippen LogP contribution in [0.5, 0.6) is 5.75 Å². The van der Waals surface area contributed by atoms with E-state index < -0.39 is 0 Å². The molecule has 0 saturated carbocycles. The molecular weight excluding hydrogens is 296 g/mol. The van der Waals surface area contributed by atoms with E-state index in [1.54, 1.807) is 7.11 Å². The summed E-state index contributed by atoms with van der Waals surface area (Å²) in [4.78, 5) is 23.7. The quantitative estimate of drug-likeness (QED) is 0.782. The highest BCUT2D eigenvalue weighted by molar-refractivity contribution is 5.85. The molecule has 126 valence electrons. The topological polar surface area (TPSA) is 76.7 Å². The van der Waals surface area contributed by atoms with Crippen LogP contribution in [-0.4, -0.2) is 45.2 Å². The molecule has 6 nitrogen and oxygen atoms in total. The van der Waals surface area contributed by atoms with E-state index in [4.69, 9.17) is 9.47 Å². The number of benzene rings is 1. The third-order valence-electron chi connectivity index (χ3n) is 3.89. The molecule has 2 N–H and O–H groups in total. The summed E-state index contributed by atoms with van der Waals surface area (Å²) in [5, 5.41) is 5.50. The molecule has 0 bridgehead atoms. The lowest BCUT2D eigenvalue weighted by atomic mass is 9.99. The van der Waals surface area contributed by atoms with Gasteiger partial charge in [-0.3, -0.25) is 9.59 Å². The number of ether oxygens (including phenoxy) is 2. The third kappa shape index (κ3) is 5.90. The Kier molecular flexibility index (Phi) is 6.87. The summed E-state index contributed by atoms with van der Waals surface area (Å²) in [6, 6.07) is 7.73. The van der Waals surface area contributed by atoms with Gasteiger partial charge < -0.3 is 20.1 Å². The Bertz CT molecular complexity index is 527. The highest BCUT2D eigenvalue weighted by Crippen LogP contribution is 2.14. The first kappa shape index (κ1) is 17.3. The number of amides is 2. The number of rotatable bonds is 7. The molecular formula is C17H24N2O4. The summed E-state index contributed by atoms with van der Waals surface area (Å²) in [5.41, 5.74) is 1.09. The molecule has 23 heavy (non-hydrogen) atoms. The van der Waals surface area contributed by atoms with Gasteiger partial charge in [-0.15, -0.1) is 0 Å². The first-order valence-electron chi connectivity index (χ1n) is 7.94. The average molecular weight is 320 g/mol. The second-order valence-electron chi connectivity index (χ2n) is 5.56. The lowest BCUT2D eigenvalue weighted by Gasteiger charge is -2.21. The summed E-state index contributed by atoms with van der Waals surface area (Å²) in [7, 11) is 1.63. The Labute approximate surface area is 136 Å². The van der Waals surface area contributed by atoms with Crippen LogP contribution in [0.15, 0.2) is 24.3 Å². The summed E-state index contributed by atoms with van der Waals surface area (Å²) < 4.78 is 10.4. The van der Waals surface area contributed by atoms with Gasteiger partial charge in [-0.25, -0.2) is 0 Å². The van der Waals surface area contributed by atoms with Crippen molar-refractivity contribution in [3.8, 4) is 5.75 Å². The van der Waals surface area contributed by atoms with Crippen LogP contribution >= 0.6 is 0 Å². The summed E-state index contributed by atoms with van der Waals surface area (Å²) in [5.74, 6) is 0.537. The molecule has 0 spiro atoms. The number of nitrogens with one attached hydrogen (secondary N) is 2. The van der Waals surface area contributed by atoms with Gasteiger partial charge in [0.05, 0.1) is 13.7 Å². The number of hydrogen-bond donors (Lipinski definition) is 2. The Morgan fingerprint density at radius 1 is 1.26 bits per heavy atom. The van der Waals surface area contributed by atoms with Crippen LogP contribution in [-0.2, 0) is 20.7 Å². The molecule has 1 aromatic carbocycles. The molecule has 1 fully saturated rings. The lowest BCUT2D eigenvalue weighted by Crippen LogP contribution is -2.41. The molecule has 0 atom stereocenters. The highest BCUT2D eigenvalue weighted by Gasteiger charge is 2.21. The van der Waals surface area contributed by atoms with Crippen LogP contribution in [0.4, 0.5) is 0 Å². The monoisotopic (exact) mass is 320 g/mol. The van der Waals surface area contributed by atoms with E-state index in [-0.39, 0.29) is 24.3 Å². The second-order valence-corrected chi connectivity index (χ2v) is 5.56. The fourth-order valence-electron chi connectivity index (χ4n) is 2.51. The van der Waals surface area contributed by atoms with Crippen LogP contribution in [0.25, 0.3) is 0 Å². The summed E-state index contributed by atoms with van der Waals surface area (Å²) in [6.07, 6.45) is 2.17. The van der Waals surface area contributed by atoms with Crippen LogP contribution in [0.1, 0.15) is 18.4 Å². The van der Waals surface area contributed by atoms with E-state index in [9.17, 15) is 9.59 Å². The summed E-state index contributed by atoms with van der Waals surface area (Å²) in [6.45, 7) is 1.78. The largest absolute Gasteiger partial charge is 0.497 e. The van der Waals surface area contributed by atoms with Gasteiger partial charge in [-0.05, 0) is 37.0 Å². The first-order valence-corrected chi connectivity index (χ1v) is 7.94. The fourth-order valence-corrected chi connectivity index (χ4v) is 2.51. The Balaban J connectivity index is 1.63.